The molecule has 0 radical (unpaired) electrons. The minimum absolute atomic E-state index is 0.173. The van der Waals surface area contributed by atoms with Gasteiger partial charge in [-0.1, -0.05) is 0 Å². The van der Waals surface area contributed by atoms with Crippen molar-refractivity contribution >= 4 is 33.4 Å². The number of nitrogens with one attached hydrogen (secondary N) is 2. The van der Waals surface area contributed by atoms with Crippen molar-refractivity contribution in [1.29, 1.82) is 0 Å². The van der Waals surface area contributed by atoms with E-state index in [0.717, 1.165) is 5.41 Å². The van der Waals surface area contributed by atoms with E-state index in [1.54, 1.807) is 12.1 Å². The van der Waals surface area contributed by atoms with Gasteiger partial charge in [0.2, 0.25) is 5.91 Å². The zero-order chi connectivity index (χ0) is 23.0. The van der Waals surface area contributed by atoms with Crippen molar-refractivity contribution in [3.63, 3.8) is 0 Å². The van der Waals surface area contributed by atoms with Crippen LogP contribution in [0.15, 0.2) is 35.7 Å². The van der Waals surface area contributed by atoms with E-state index in [4.69, 9.17) is 24.1 Å². The van der Waals surface area contributed by atoms with E-state index in [2.05, 4.69) is 10.0 Å². The molecule has 2 aromatic rings. The van der Waals surface area contributed by atoms with Crippen molar-refractivity contribution in [2.45, 2.75) is 0 Å². The van der Waals surface area contributed by atoms with Gasteiger partial charge in [0.05, 0.1) is 50.8 Å². The number of aliphatic hydroxyl groups excluding tert-OH is 1. The lowest BCUT2D eigenvalue weighted by Gasteiger charge is -2.13. The third-order valence-corrected chi connectivity index (χ3v) is 5.06. The topological polar surface area (TPSA) is 132 Å². The molecular formula is C20H24N2O8S. The number of aliphatic hydroxyl groups is 1. The molecule has 0 aliphatic rings. The molecule has 0 bridgehead atoms. The van der Waals surface area contributed by atoms with Crippen LogP contribution in [0.3, 0.4) is 0 Å². The van der Waals surface area contributed by atoms with Gasteiger partial charge in [0.25, 0.3) is 10.0 Å². The van der Waals surface area contributed by atoms with Crippen molar-refractivity contribution in [1.82, 2.24) is 0 Å². The lowest BCUT2D eigenvalue weighted by atomic mass is 10.1. The van der Waals surface area contributed by atoms with Crippen molar-refractivity contribution in [3.8, 4) is 23.0 Å². The molecule has 0 fully saturated rings. The Bertz CT molecular complexity index is 1040. The van der Waals surface area contributed by atoms with Gasteiger partial charge in [0, 0.05) is 12.1 Å². The highest BCUT2D eigenvalue weighted by Crippen LogP contribution is 2.35. The van der Waals surface area contributed by atoms with E-state index in [1.807, 2.05) is 0 Å². The van der Waals surface area contributed by atoms with Crippen LogP contribution in [0.5, 0.6) is 23.0 Å². The van der Waals surface area contributed by atoms with Crippen LogP contribution in [-0.2, 0) is 14.8 Å². The molecule has 0 unspecified atom stereocenters. The molecular weight excluding hydrogens is 428 g/mol. The molecule has 0 saturated carbocycles. The summed E-state index contributed by atoms with van der Waals surface area (Å²) in [6.07, 6.45) is 1.33. The SMILES string of the molecule is COc1cc(OC)c(/C=C/S(=O)(=O)Nc2ccc(OC)c(NC(=O)CO)c2)c(OC)c1. The zero-order valence-electron chi connectivity index (χ0n) is 17.5. The van der Waals surface area contributed by atoms with Gasteiger partial charge in [-0.2, -0.15) is 0 Å². The number of anilines is 2. The number of ether oxygens (including phenoxy) is 4. The third kappa shape index (κ3) is 6.27. The Morgan fingerprint density at radius 1 is 0.968 bits per heavy atom. The maximum Gasteiger partial charge on any atom is 0.255 e. The molecule has 0 atom stereocenters. The van der Waals surface area contributed by atoms with E-state index >= 15 is 0 Å². The quantitative estimate of drug-likeness (QED) is 0.499. The number of amides is 1. The van der Waals surface area contributed by atoms with E-state index in [0.29, 0.717) is 28.6 Å². The Hall–Kier alpha value is -3.44. The van der Waals surface area contributed by atoms with Gasteiger partial charge < -0.3 is 29.4 Å². The molecule has 31 heavy (non-hydrogen) atoms. The average Bonchev–Trinajstić information content (AvgIpc) is 2.76. The molecule has 11 heteroatoms. The Morgan fingerprint density at radius 3 is 2.10 bits per heavy atom. The molecule has 0 heterocycles. The number of carbonyl (C=O) groups is 1. The van der Waals surface area contributed by atoms with Gasteiger partial charge in [-0.3, -0.25) is 9.52 Å². The van der Waals surface area contributed by atoms with Crippen LogP contribution in [0, 0.1) is 0 Å². The largest absolute Gasteiger partial charge is 0.496 e. The van der Waals surface area contributed by atoms with E-state index < -0.39 is 22.5 Å². The van der Waals surface area contributed by atoms with Crippen LogP contribution in [0.1, 0.15) is 5.56 Å². The van der Waals surface area contributed by atoms with Crippen LogP contribution in [-0.4, -0.2) is 54.5 Å². The fourth-order valence-corrected chi connectivity index (χ4v) is 3.45. The zero-order valence-corrected chi connectivity index (χ0v) is 18.3. The first-order valence-corrected chi connectivity index (χ1v) is 10.4. The van der Waals surface area contributed by atoms with Gasteiger partial charge in [-0.05, 0) is 24.3 Å². The van der Waals surface area contributed by atoms with Crippen LogP contribution < -0.4 is 29.0 Å². The van der Waals surface area contributed by atoms with Crippen LogP contribution in [0.2, 0.25) is 0 Å². The Labute approximate surface area is 180 Å². The number of carbonyl (C=O) groups excluding carboxylic acids is 1. The summed E-state index contributed by atoms with van der Waals surface area (Å²) in [7, 11) is 1.83. The molecule has 0 aliphatic heterocycles. The van der Waals surface area contributed by atoms with Crippen molar-refractivity contribution in [2.24, 2.45) is 0 Å². The van der Waals surface area contributed by atoms with Crippen molar-refractivity contribution in [3.05, 3.63) is 41.3 Å². The fourth-order valence-electron chi connectivity index (χ4n) is 2.61. The maximum atomic E-state index is 12.6. The molecule has 2 rings (SSSR count). The average molecular weight is 452 g/mol. The lowest BCUT2D eigenvalue weighted by Crippen LogP contribution is -2.16. The highest BCUT2D eigenvalue weighted by Gasteiger charge is 2.14. The predicted octanol–water partition coefficient (Wildman–Crippen LogP) is 2.06. The monoisotopic (exact) mass is 452 g/mol. The summed E-state index contributed by atoms with van der Waals surface area (Å²) in [5.41, 5.74) is 0.776. The summed E-state index contributed by atoms with van der Waals surface area (Å²) in [6.45, 7) is -0.729. The first-order valence-electron chi connectivity index (χ1n) is 8.86. The number of methoxy groups -OCH3 is 4. The number of hydrogen-bond donors (Lipinski definition) is 3. The summed E-state index contributed by atoms with van der Waals surface area (Å²) >= 11 is 0. The molecule has 10 nitrogen and oxygen atoms in total. The fraction of sp³-hybridized carbons (Fsp3) is 0.250. The summed E-state index contributed by atoms with van der Waals surface area (Å²) in [5.74, 6) is 0.842. The Morgan fingerprint density at radius 2 is 1.58 bits per heavy atom. The van der Waals surface area contributed by atoms with Gasteiger partial charge >= 0.3 is 0 Å². The second-order valence-corrected chi connectivity index (χ2v) is 7.58. The van der Waals surface area contributed by atoms with Crippen LogP contribution >= 0.6 is 0 Å². The molecule has 0 saturated heterocycles. The first-order chi connectivity index (χ1) is 14.8. The maximum absolute atomic E-state index is 12.6. The van der Waals surface area contributed by atoms with Gasteiger partial charge in [-0.15, -0.1) is 0 Å². The minimum atomic E-state index is -3.94. The Balaban J connectivity index is 2.33. The summed E-state index contributed by atoms with van der Waals surface area (Å²) in [6, 6.07) is 7.51. The standard InChI is InChI=1S/C20H24N2O8S/c1-27-14-10-18(29-3)15(19(11-14)30-4)7-8-31(25,26)22-13-5-6-17(28-2)16(9-13)21-20(24)12-23/h5-11,22-23H,12H2,1-4H3,(H,21,24)/b8-7+. The number of hydrogen-bond acceptors (Lipinski definition) is 8. The van der Waals surface area contributed by atoms with Crippen molar-refractivity contribution in [2.75, 3.05) is 45.1 Å². The van der Waals surface area contributed by atoms with Crippen molar-refractivity contribution < 1.29 is 37.3 Å². The second-order valence-electron chi connectivity index (χ2n) is 6.02. The summed E-state index contributed by atoms with van der Waals surface area (Å²) in [5, 5.41) is 12.3. The number of benzene rings is 2. The second kappa shape index (κ2) is 10.5. The molecule has 168 valence electrons. The van der Waals surface area contributed by atoms with E-state index in [1.165, 1.54) is 52.7 Å². The molecule has 2 aromatic carbocycles. The molecule has 0 spiro atoms. The molecule has 0 aliphatic carbocycles. The molecule has 3 N–H and O–H groups in total. The molecule has 1 amide bonds. The predicted molar refractivity (Wildman–Crippen MR) is 116 cm³/mol. The minimum Gasteiger partial charge on any atom is -0.496 e. The highest BCUT2D eigenvalue weighted by atomic mass is 32.2. The van der Waals surface area contributed by atoms with E-state index in [-0.39, 0.29) is 11.4 Å². The van der Waals surface area contributed by atoms with Gasteiger partial charge in [0.1, 0.15) is 29.6 Å². The number of sulfonamides is 1. The van der Waals surface area contributed by atoms with Gasteiger partial charge in [-0.25, -0.2) is 8.42 Å². The van der Waals surface area contributed by atoms with Crippen LogP contribution in [0.25, 0.3) is 6.08 Å². The lowest BCUT2D eigenvalue weighted by molar-refractivity contribution is -0.118. The third-order valence-electron chi connectivity index (χ3n) is 4.04. The summed E-state index contributed by atoms with van der Waals surface area (Å²) < 4.78 is 48.4. The first kappa shape index (κ1) is 23.8. The van der Waals surface area contributed by atoms with Crippen LogP contribution in [0.4, 0.5) is 11.4 Å². The Kier molecular flexibility index (Phi) is 8.11. The smallest absolute Gasteiger partial charge is 0.255 e. The normalized spacial score (nSPS) is 11.1. The van der Waals surface area contributed by atoms with E-state index in [9.17, 15) is 13.2 Å². The molecule has 0 aromatic heterocycles. The summed E-state index contributed by atoms with van der Waals surface area (Å²) in [4.78, 5) is 11.5. The van der Waals surface area contributed by atoms with Gasteiger partial charge in [0.15, 0.2) is 0 Å². The number of rotatable bonds is 10. The highest BCUT2D eigenvalue weighted by molar-refractivity contribution is 7.95.